The van der Waals surface area contributed by atoms with Crippen molar-refractivity contribution in [3.63, 3.8) is 0 Å². The van der Waals surface area contributed by atoms with Crippen LogP contribution >= 0.6 is 7.60 Å². The van der Waals surface area contributed by atoms with E-state index in [1.807, 2.05) is 0 Å². The van der Waals surface area contributed by atoms with E-state index in [0.29, 0.717) is 11.2 Å². The highest BCUT2D eigenvalue weighted by Gasteiger charge is 2.18. The Morgan fingerprint density at radius 1 is 1.35 bits per heavy atom. The van der Waals surface area contributed by atoms with Crippen LogP contribution in [-0.4, -0.2) is 46.7 Å². The lowest BCUT2D eigenvalue weighted by atomic mass is 10.3. The van der Waals surface area contributed by atoms with Gasteiger partial charge in [0.1, 0.15) is 5.52 Å². The molecule has 0 spiro atoms. The van der Waals surface area contributed by atoms with Crippen molar-refractivity contribution in [1.82, 2.24) is 19.5 Å². The molecule has 7 N–H and O–H groups in total. The van der Waals surface area contributed by atoms with Crippen LogP contribution < -0.4 is 11.5 Å². The van der Waals surface area contributed by atoms with Gasteiger partial charge in [-0.25, -0.2) is 4.98 Å². The first-order valence-corrected chi connectivity index (χ1v) is 7.52. The van der Waals surface area contributed by atoms with Gasteiger partial charge in [0, 0.05) is 0 Å². The summed E-state index contributed by atoms with van der Waals surface area (Å²) in [7, 11) is -4.12. The lowest BCUT2D eigenvalue weighted by Crippen LogP contribution is -2.17. The van der Waals surface area contributed by atoms with Crippen molar-refractivity contribution in [2.24, 2.45) is 0 Å². The van der Waals surface area contributed by atoms with Gasteiger partial charge in [-0.1, -0.05) is 0 Å². The molecule has 0 unspecified atom stereocenters. The molecule has 0 amide bonds. The average molecular weight is 302 g/mol. The summed E-state index contributed by atoms with van der Waals surface area (Å²) in [6, 6.07) is 0. The Morgan fingerprint density at radius 3 is 2.70 bits per heavy atom. The minimum atomic E-state index is -4.12. The first-order valence-electron chi connectivity index (χ1n) is 5.73. The number of aliphatic hydroxyl groups is 1. The summed E-state index contributed by atoms with van der Waals surface area (Å²) in [6.45, 7) is 0.0758. The SMILES string of the molecule is Nc1nc(N)c2ncn(C[C@H](O)CCP(=O)(O)O)c2n1. The van der Waals surface area contributed by atoms with Gasteiger partial charge in [0.05, 0.1) is 25.1 Å². The number of imidazole rings is 1. The summed E-state index contributed by atoms with van der Waals surface area (Å²) in [6.07, 6.45) is 0.0352. The predicted octanol–water partition coefficient (Wildman–Crippen LogP) is -1.08. The highest BCUT2D eigenvalue weighted by Crippen LogP contribution is 2.35. The average Bonchev–Trinajstić information content (AvgIpc) is 2.69. The van der Waals surface area contributed by atoms with Crippen LogP contribution in [0.15, 0.2) is 6.33 Å². The molecule has 0 aliphatic rings. The van der Waals surface area contributed by atoms with Gasteiger partial charge in [0.15, 0.2) is 11.5 Å². The highest BCUT2D eigenvalue weighted by molar-refractivity contribution is 7.51. The second-order valence-corrected chi connectivity index (χ2v) is 6.14. The van der Waals surface area contributed by atoms with Gasteiger partial charge in [0.2, 0.25) is 5.95 Å². The second kappa shape index (κ2) is 5.33. The van der Waals surface area contributed by atoms with Gasteiger partial charge in [-0.3, -0.25) is 4.57 Å². The summed E-state index contributed by atoms with van der Waals surface area (Å²) in [5, 5.41) is 9.78. The molecule has 10 nitrogen and oxygen atoms in total. The Balaban J connectivity index is 2.16. The number of rotatable bonds is 5. The maximum Gasteiger partial charge on any atom is 0.325 e. The molecular formula is C9H15N6O4P. The third kappa shape index (κ3) is 3.42. The summed E-state index contributed by atoms with van der Waals surface area (Å²) >= 11 is 0. The third-order valence-electron chi connectivity index (χ3n) is 2.67. The van der Waals surface area contributed by atoms with Crippen molar-refractivity contribution >= 4 is 30.5 Å². The fourth-order valence-corrected chi connectivity index (χ4v) is 2.39. The van der Waals surface area contributed by atoms with Gasteiger partial charge in [0.25, 0.3) is 0 Å². The quantitative estimate of drug-likeness (QED) is 0.430. The number of hydrogen-bond donors (Lipinski definition) is 5. The van der Waals surface area contributed by atoms with Gasteiger partial charge in [-0.05, 0) is 6.42 Å². The second-order valence-electron chi connectivity index (χ2n) is 4.37. The number of nitrogen functional groups attached to an aromatic ring is 2. The number of anilines is 2. The number of nitrogens with two attached hydrogens (primary N) is 2. The van der Waals surface area contributed by atoms with E-state index in [0.717, 1.165) is 0 Å². The van der Waals surface area contributed by atoms with Crippen molar-refractivity contribution in [3.8, 4) is 0 Å². The molecule has 0 bridgehead atoms. The van der Waals surface area contributed by atoms with Crippen LogP contribution in [0.4, 0.5) is 11.8 Å². The molecule has 0 aromatic carbocycles. The number of aliphatic hydroxyl groups excluding tert-OH is 1. The molecule has 0 saturated carbocycles. The zero-order valence-corrected chi connectivity index (χ0v) is 11.3. The number of fused-ring (bicyclic) bond motifs is 1. The first kappa shape index (κ1) is 14.7. The molecule has 2 aromatic rings. The maximum absolute atomic E-state index is 10.8. The van der Waals surface area contributed by atoms with E-state index in [9.17, 15) is 9.67 Å². The largest absolute Gasteiger partial charge is 0.391 e. The molecular weight excluding hydrogens is 287 g/mol. The van der Waals surface area contributed by atoms with Crippen molar-refractivity contribution < 1.29 is 19.5 Å². The van der Waals surface area contributed by atoms with Crippen molar-refractivity contribution in [2.75, 3.05) is 17.6 Å². The molecule has 0 saturated heterocycles. The van der Waals surface area contributed by atoms with E-state index in [1.54, 1.807) is 0 Å². The van der Waals surface area contributed by atoms with E-state index in [4.69, 9.17) is 21.3 Å². The van der Waals surface area contributed by atoms with Crippen molar-refractivity contribution in [2.45, 2.75) is 19.1 Å². The van der Waals surface area contributed by atoms with Gasteiger partial charge < -0.3 is 30.9 Å². The maximum atomic E-state index is 10.8. The molecule has 0 aliphatic heterocycles. The number of aromatic nitrogens is 4. The lowest BCUT2D eigenvalue weighted by Gasteiger charge is -2.12. The Bertz CT molecular complexity index is 668. The van der Waals surface area contributed by atoms with E-state index in [-0.39, 0.29) is 30.9 Å². The van der Waals surface area contributed by atoms with Gasteiger partial charge in [-0.15, -0.1) is 0 Å². The van der Waals surface area contributed by atoms with E-state index >= 15 is 0 Å². The fraction of sp³-hybridized carbons (Fsp3) is 0.444. The highest BCUT2D eigenvalue weighted by atomic mass is 31.2. The lowest BCUT2D eigenvalue weighted by molar-refractivity contribution is 0.149. The first-order chi connectivity index (χ1) is 9.26. The predicted molar refractivity (Wildman–Crippen MR) is 71.7 cm³/mol. The Hall–Kier alpha value is -1.74. The summed E-state index contributed by atoms with van der Waals surface area (Å²) in [5.74, 6) is 0.123. The molecule has 0 fully saturated rings. The smallest absolute Gasteiger partial charge is 0.325 e. The number of hydrogen-bond acceptors (Lipinski definition) is 7. The number of nitrogens with zero attached hydrogens (tertiary/aromatic N) is 4. The fourth-order valence-electron chi connectivity index (χ4n) is 1.75. The monoisotopic (exact) mass is 302 g/mol. The zero-order chi connectivity index (χ0) is 14.9. The Kier molecular flexibility index (Phi) is 3.91. The molecule has 2 rings (SSSR count). The Morgan fingerprint density at radius 2 is 2.05 bits per heavy atom. The van der Waals surface area contributed by atoms with Gasteiger partial charge in [-0.2, -0.15) is 9.97 Å². The molecule has 2 heterocycles. The topological polar surface area (TPSA) is 173 Å². The summed E-state index contributed by atoms with van der Waals surface area (Å²) in [4.78, 5) is 29.3. The molecule has 11 heteroatoms. The van der Waals surface area contributed by atoms with Crippen molar-refractivity contribution in [1.29, 1.82) is 0 Å². The normalized spacial score (nSPS) is 13.8. The van der Waals surface area contributed by atoms with Crippen molar-refractivity contribution in [3.05, 3.63) is 6.33 Å². The molecule has 110 valence electrons. The minimum Gasteiger partial charge on any atom is -0.391 e. The molecule has 20 heavy (non-hydrogen) atoms. The van der Waals surface area contributed by atoms with E-state index in [2.05, 4.69) is 15.0 Å². The van der Waals surface area contributed by atoms with Crippen LogP contribution in [0.1, 0.15) is 6.42 Å². The molecule has 0 aliphatic carbocycles. The zero-order valence-electron chi connectivity index (χ0n) is 10.4. The van der Waals surface area contributed by atoms with Crippen LogP contribution in [0.25, 0.3) is 11.2 Å². The summed E-state index contributed by atoms with van der Waals surface area (Å²) in [5.41, 5.74) is 11.9. The van der Waals surface area contributed by atoms with Crippen LogP contribution in [0, 0.1) is 0 Å². The standard InChI is InChI=1S/C9H15N6O4P/c10-7-6-8(14-9(11)13-7)15(4-12-6)3-5(16)1-2-20(17,18)19/h4-5,16H,1-3H2,(H2,17,18,19)(H4,10,11,13,14)/t5-/m1/s1. The summed E-state index contributed by atoms with van der Waals surface area (Å²) < 4.78 is 12.3. The van der Waals surface area contributed by atoms with Crippen LogP contribution in [-0.2, 0) is 11.1 Å². The van der Waals surface area contributed by atoms with Crippen LogP contribution in [0.5, 0.6) is 0 Å². The van der Waals surface area contributed by atoms with Crippen LogP contribution in [0.3, 0.4) is 0 Å². The van der Waals surface area contributed by atoms with E-state index in [1.165, 1.54) is 10.9 Å². The molecule has 2 aromatic heterocycles. The molecule has 1 atom stereocenters. The Labute approximate surface area is 113 Å². The molecule has 0 radical (unpaired) electrons. The minimum absolute atomic E-state index is 0.0125. The van der Waals surface area contributed by atoms with Crippen LogP contribution in [0.2, 0.25) is 0 Å². The van der Waals surface area contributed by atoms with E-state index < -0.39 is 13.7 Å². The van der Waals surface area contributed by atoms with Gasteiger partial charge >= 0.3 is 7.60 Å². The third-order valence-corrected chi connectivity index (χ3v) is 3.51.